The molecule has 1 N–H and O–H groups in total. The first-order valence-electron chi connectivity index (χ1n) is 8.81. The zero-order chi connectivity index (χ0) is 20.9. The first-order valence-corrected chi connectivity index (χ1v) is 11.1. The van der Waals surface area contributed by atoms with E-state index in [1.165, 1.54) is 27.8 Å². The molecule has 0 fully saturated rings. The Balaban J connectivity index is 1.61. The van der Waals surface area contributed by atoms with Gasteiger partial charge in [-0.3, -0.25) is 9.36 Å². The SMILES string of the molecule is Cn1nnnc1SCC(=O)N/N=c1/scc(-c2ccc(Cl)cc2)n1-c1ccccc1. The van der Waals surface area contributed by atoms with Crippen LogP contribution >= 0.6 is 34.7 Å². The van der Waals surface area contributed by atoms with Crippen LogP contribution in [0.2, 0.25) is 5.02 Å². The zero-order valence-electron chi connectivity index (χ0n) is 15.8. The summed E-state index contributed by atoms with van der Waals surface area (Å²) in [6.45, 7) is 0. The van der Waals surface area contributed by atoms with Crippen molar-refractivity contribution in [2.75, 3.05) is 5.75 Å². The molecule has 2 aromatic heterocycles. The van der Waals surface area contributed by atoms with Gasteiger partial charge in [0.25, 0.3) is 5.91 Å². The molecule has 0 spiro atoms. The Morgan fingerprint density at radius 2 is 1.97 bits per heavy atom. The van der Waals surface area contributed by atoms with Crippen LogP contribution in [0.1, 0.15) is 0 Å². The van der Waals surface area contributed by atoms with E-state index in [1.807, 2.05) is 64.5 Å². The van der Waals surface area contributed by atoms with Crippen molar-refractivity contribution < 1.29 is 4.79 Å². The molecule has 0 saturated carbocycles. The van der Waals surface area contributed by atoms with E-state index in [-0.39, 0.29) is 11.7 Å². The quantitative estimate of drug-likeness (QED) is 0.355. The lowest BCUT2D eigenvalue weighted by molar-refractivity contribution is -0.118. The lowest BCUT2D eigenvalue weighted by Gasteiger charge is -2.09. The molecule has 0 bridgehead atoms. The summed E-state index contributed by atoms with van der Waals surface area (Å²) in [5.74, 6) is -0.0950. The number of rotatable bonds is 6. The van der Waals surface area contributed by atoms with E-state index in [2.05, 4.69) is 26.1 Å². The second-order valence-corrected chi connectivity index (χ2v) is 8.32. The largest absolute Gasteiger partial charge is 0.284 e. The van der Waals surface area contributed by atoms with E-state index >= 15 is 0 Å². The topological polar surface area (TPSA) is 90.0 Å². The number of nitrogens with zero attached hydrogens (tertiary/aromatic N) is 6. The van der Waals surface area contributed by atoms with Crippen molar-refractivity contribution >= 4 is 40.6 Å². The minimum atomic E-state index is -0.246. The average molecular weight is 458 g/mol. The monoisotopic (exact) mass is 457 g/mol. The lowest BCUT2D eigenvalue weighted by Crippen LogP contribution is -2.25. The molecule has 0 unspecified atom stereocenters. The fraction of sp³-hybridized carbons (Fsp3) is 0.105. The van der Waals surface area contributed by atoms with Gasteiger partial charge in [-0.15, -0.1) is 21.5 Å². The van der Waals surface area contributed by atoms with Crippen molar-refractivity contribution in [3.05, 3.63) is 69.8 Å². The van der Waals surface area contributed by atoms with E-state index < -0.39 is 0 Å². The summed E-state index contributed by atoms with van der Waals surface area (Å²) in [7, 11) is 1.72. The second-order valence-electron chi connectivity index (χ2n) is 6.10. The molecule has 1 amide bonds. The zero-order valence-corrected chi connectivity index (χ0v) is 18.2. The maximum absolute atomic E-state index is 12.3. The van der Waals surface area contributed by atoms with Gasteiger partial charge >= 0.3 is 0 Å². The molecule has 4 rings (SSSR count). The molecule has 0 saturated heterocycles. The minimum absolute atomic E-state index is 0.151. The minimum Gasteiger partial charge on any atom is -0.284 e. The molecule has 2 aromatic carbocycles. The van der Waals surface area contributed by atoms with Crippen LogP contribution in [0, 0.1) is 0 Å². The Morgan fingerprint density at radius 3 is 2.67 bits per heavy atom. The standard InChI is InChI=1S/C19H16ClN7OS2/c1-26-18(23-24-25-26)30-12-17(28)21-22-19-27(15-5-3-2-4-6-15)16(11-29-19)13-7-9-14(20)10-8-13/h2-11H,12H2,1H3,(H,21,28)/b22-19+. The van der Waals surface area contributed by atoms with Crippen molar-refractivity contribution in [3.8, 4) is 16.9 Å². The van der Waals surface area contributed by atoms with Gasteiger partial charge in [0.1, 0.15) is 0 Å². The summed E-state index contributed by atoms with van der Waals surface area (Å²) in [5, 5.41) is 18.7. The highest BCUT2D eigenvalue weighted by atomic mass is 35.5. The van der Waals surface area contributed by atoms with Crippen molar-refractivity contribution in [1.29, 1.82) is 0 Å². The number of nitrogens with one attached hydrogen (secondary N) is 1. The number of para-hydroxylation sites is 1. The van der Waals surface area contributed by atoms with Gasteiger partial charge in [-0.2, -0.15) is 0 Å². The number of benzene rings is 2. The number of aryl methyl sites for hydroxylation is 1. The third kappa shape index (κ3) is 4.61. The predicted molar refractivity (Wildman–Crippen MR) is 117 cm³/mol. The number of thioether (sulfide) groups is 1. The van der Waals surface area contributed by atoms with Crippen LogP contribution in [0.4, 0.5) is 0 Å². The number of halogens is 1. The average Bonchev–Trinajstić information content (AvgIpc) is 3.38. The van der Waals surface area contributed by atoms with Crippen LogP contribution in [0.5, 0.6) is 0 Å². The molecular weight excluding hydrogens is 442 g/mol. The highest BCUT2D eigenvalue weighted by Crippen LogP contribution is 2.24. The van der Waals surface area contributed by atoms with Crippen molar-refractivity contribution in [2.24, 2.45) is 12.1 Å². The van der Waals surface area contributed by atoms with Gasteiger partial charge in [-0.25, -0.2) is 10.1 Å². The van der Waals surface area contributed by atoms with Gasteiger partial charge in [0, 0.05) is 23.1 Å². The molecule has 0 radical (unpaired) electrons. The van der Waals surface area contributed by atoms with Crippen LogP contribution in [-0.2, 0) is 11.8 Å². The Kier molecular flexibility index (Phi) is 6.26. The molecule has 8 nitrogen and oxygen atoms in total. The van der Waals surface area contributed by atoms with Gasteiger partial charge in [0.05, 0.1) is 11.4 Å². The van der Waals surface area contributed by atoms with Gasteiger partial charge in [-0.05, 0) is 40.3 Å². The molecule has 11 heteroatoms. The van der Waals surface area contributed by atoms with Gasteiger partial charge in [0.2, 0.25) is 9.96 Å². The molecule has 0 aliphatic heterocycles. The Hall–Kier alpha value is -2.95. The number of thiazole rings is 1. The maximum Gasteiger partial charge on any atom is 0.250 e. The smallest absolute Gasteiger partial charge is 0.250 e. The highest BCUT2D eigenvalue weighted by molar-refractivity contribution is 7.99. The normalized spacial score (nSPS) is 11.6. The first-order chi connectivity index (χ1) is 14.6. The molecule has 0 aliphatic carbocycles. The fourth-order valence-electron chi connectivity index (χ4n) is 2.65. The van der Waals surface area contributed by atoms with E-state index in [4.69, 9.17) is 11.6 Å². The predicted octanol–water partition coefficient (Wildman–Crippen LogP) is 3.11. The molecule has 0 atom stereocenters. The van der Waals surface area contributed by atoms with Crippen molar-refractivity contribution in [3.63, 3.8) is 0 Å². The number of amides is 1. The Morgan fingerprint density at radius 1 is 1.20 bits per heavy atom. The van der Waals surface area contributed by atoms with Crippen molar-refractivity contribution in [1.82, 2.24) is 30.2 Å². The second kappa shape index (κ2) is 9.24. The van der Waals surface area contributed by atoms with Crippen LogP contribution in [0.25, 0.3) is 16.9 Å². The molecule has 2 heterocycles. The third-order valence-corrected chi connectivity index (χ3v) is 6.14. The van der Waals surface area contributed by atoms with Gasteiger partial charge < -0.3 is 0 Å². The van der Waals surface area contributed by atoms with Crippen LogP contribution < -0.4 is 10.2 Å². The number of carbonyl (C=O) groups is 1. The van der Waals surface area contributed by atoms with Crippen LogP contribution in [0.15, 0.2) is 70.2 Å². The molecule has 0 aliphatic rings. The molecular formula is C19H16ClN7OS2. The Labute approximate surface area is 185 Å². The summed E-state index contributed by atoms with van der Waals surface area (Å²) in [4.78, 5) is 12.9. The first kappa shape index (κ1) is 20.3. The van der Waals surface area contributed by atoms with E-state index in [1.54, 1.807) is 7.05 Å². The van der Waals surface area contributed by atoms with E-state index in [9.17, 15) is 4.79 Å². The lowest BCUT2D eigenvalue weighted by atomic mass is 10.1. The molecule has 152 valence electrons. The van der Waals surface area contributed by atoms with Crippen LogP contribution in [0.3, 0.4) is 0 Å². The number of carbonyl (C=O) groups excluding carboxylic acids is 1. The summed E-state index contributed by atoms with van der Waals surface area (Å²) in [5.41, 5.74) is 5.51. The van der Waals surface area contributed by atoms with E-state index in [0.717, 1.165) is 16.9 Å². The number of hydrogen-bond donors (Lipinski definition) is 1. The molecule has 4 aromatic rings. The number of aromatic nitrogens is 5. The summed E-state index contributed by atoms with van der Waals surface area (Å²) >= 11 is 8.71. The maximum atomic E-state index is 12.3. The van der Waals surface area contributed by atoms with Crippen molar-refractivity contribution in [2.45, 2.75) is 5.16 Å². The Bertz CT molecular complexity index is 1220. The fourth-order valence-corrected chi connectivity index (χ4v) is 4.29. The highest BCUT2D eigenvalue weighted by Gasteiger charge is 2.11. The van der Waals surface area contributed by atoms with Gasteiger partial charge in [0.15, 0.2) is 0 Å². The number of hydrogen-bond acceptors (Lipinski definition) is 7. The summed E-state index contributed by atoms with van der Waals surface area (Å²) in [6, 6.07) is 17.5. The van der Waals surface area contributed by atoms with Crippen LogP contribution in [-0.4, -0.2) is 36.4 Å². The number of tetrazole rings is 1. The summed E-state index contributed by atoms with van der Waals surface area (Å²) < 4.78 is 3.50. The van der Waals surface area contributed by atoms with E-state index in [0.29, 0.717) is 15.0 Å². The summed E-state index contributed by atoms with van der Waals surface area (Å²) in [6.07, 6.45) is 0. The molecule has 30 heavy (non-hydrogen) atoms. The third-order valence-electron chi connectivity index (χ3n) is 4.05. The van der Waals surface area contributed by atoms with Gasteiger partial charge in [-0.1, -0.05) is 53.7 Å².